The molecule has 20 heavy (non-hydrogen) atoms. The van der Waals surface area contributed by atoms with Gasteiger partial charge in [-0.05, 0) is 45.2 Å². The molecule has 0 unspecified atom stereocenters. The van der Waals surface area contributed by atoms with Gasteiger partial charge in [0, 0.05) is 26.2 Å². The van der Waals surface area contributed by atoms with Crippen LogP contribution >= 0.6 is 0 Å². The molecule has 1 N–H and O–H groups in total. The Morgan fingerprint density at radius 3 is 2.65 bits per heavy atom. The van der Waals surface area contributed by atoms with Crippen LogP contribution in [-0.2, 0) is 0 Å². The summed E-state index contributed by atoms with van der Waals surface area (Å²) in [5, 5.41) is 13.1. The number of carbonyl (C=O) groups is 1. The number of rotatable bonds is 5. The molecular weight excluding hydrogens is 258 g/mol. The molecule has 1 aromatic rings. The average Bonchev–Trinajstić information content (AvgIpc) is 2.98. The van der Waals surface area contributed by atoms with Crippen LogP contribution in [0.3, 0.4) is 0 Å². The lowest BCUT2D eigenvalue weighted by Crippen LogP contribution is -2.44. The number of hydrogen-bond acceptors (Lipinski definition) is 6. The van der Waals surface area contributed by atoms with Crippen LogP contribution in [0, 0.1) is 0 Å². The molecule has 1 aliphatic rings. The fourth-order valence-electron chi connectivity index (χ4n) is 2.45. The molecule has 0 saturated carbocycles. The molecule has 1 aliphatic heterocycles. The van der Waals surface area contributed by atoms with E-state index in [1.54, 1.807) is 11.9 Å². The molecule has 0 radical (unpaired) electrons. The molecule has 1 saturated heterocycles. The summed E-state index contributed by atoms with van der Waals surface area (Å²) in [7, 11) is 6.05. The lowest BCUT2D eigenvalue weighted by atomic mass is 10.0. The van der Waals surface area contributed by atoms with E-state index in [1.807, 2.05) is 0 Å². The predicted octanol–water partition coefficient (Wildman–Crippen LogP) is -0.702. The zero-order valence-electron chi connectivity index (χ0n) is 12.4. The van der Waals surface area contributed by atoms with Crippen LogP contribution in [0.25, 0.3) is 0 Å². The molecule has 0 bridgehead atoms. The molecule has 8 heteroatoms. The van der Waals surface area contributed by atoms with Crippen molar-refractivity contribution in [3.8, 4) is 0 Å². The minimum atomic E-state index is -0.199. The molecule has 1 aromatic heterocycles. The van der Waals surface area contributed by atoms with Crippen molar-refractivity contribution in [2.24, 2.45) is 0 Å². The van der Waals surface area contributed by atoms with Crippen molar-refractivity contribution in [3.05, 3.63) is 5.82 Å². The smallest absolute Gasteiger partial charge is 0.295 e. The molecule has 2 rings (SSSR count). The number of hydrogen-bond donors (Lipinski definition) is 1. The van der Waals surface area contributed by atoms with E-state index in [2.05, 4.69) is 44.5 Å². The van der Waals surface area contributed by atoms with Crippen LogP contribution < -0.4 is 0 Å². The Kier molecular flexibility index (Phi) is 5.02. The van der Waals surface area contributed by atoms with Gasteiger partial charge in [0.15, 0.2) is 0 Å². The fourth-order valence-corrected chi connectivity index (χ4v) is 2.45. The van der Waals surface area contributed by atoms with E-state index in [9.17, 15) is 4.79 Å². The van der Waals surface area contributed by atoms with E-state index >= 15 is 0 Å². The summed E-state index contributed by atoms with van der Waals surface area (Å²) in [5.41, 5.74) is 0. The Morgan fingerprint density at radius 1 is 1.35 bits per heavy atom. The Bertz CT molecular complexity index is 413. The maximum Gasteiger partial charge on any atom is 0.295 e. The Hall–Kier alpha value is -1.54. The van der Waals surface area contributed by atoms with Crippen molar-refractivity contribution < 1.29 is 4.79 Å². The fraction of sp³-hybridized carbons (Fsp3) is 0.833. The highest BCUT2D eigenvalue weighted by atomic mass is 16.2. The summed E-state index contributed by atoms with van der Waals surface area (Å²) in [4.78, 5) is 18.3. The zero-order chi connectivity index (χ0) is 14.5. The van der Waals surface area contributed by atoms with Crippen molar-refractivity contribution >= 4 is 5.91 Å². The second-order valence-corrected chi connectivity index (χ2v) is 5.48. The first-order valence-corrected chi connectivity index (χ1v) is 6.95. The molecule has 112 valence electrons. The highest BCUT2D eigenvalue weighted by molar-refractivity contribution is 5.89. The maximum absolute atomic E-state index is 12.0. The number of tetrazole rings is 1. The van der Waals surface area contributed by atoms with E-state index in [1.165, 1.54) is 12.8 Å². The number of carbonyl (C=O) groups excluding carboxylic acids is 1. The van der Waals surface area contributed by atoms with Gasteiger partial charge in [-0.3, -0.25) is 4.79 Å². The van der Waals surface area contributed by atoms with Crippen molar-refractivity contribution in [1.29, 1.82) is 0 Å². The maximum atomic E-state index is 12.0. The minimum Gasteiger partial charge on any atom is -0.338 e. The summed E-state index contributed by atoms with van der Waals surface area (Å²) in [6, 6.07) is 0.611. The third-order valence-corrected chi connectivity index (χ3v) is 3.98. The number of piperidine rings is 1. The number of H-pyrrole nitrogens is 1. The van der Waals surface area contributed by atoms with Crippen molar-refractivity contribution in [2.75, 3.05) is 47.3 Å². The minimum absolute atomic E-state index is 0.120. The number of likely N-dealkylation sites (N-methyl/N-ethyl adjacent to an activating group) is 2. The largest absolute Gasteiger partial charge is 0.338 e. The normalized spacial score (nSPS) is 17.6. The third-order valence-electron chi connectivity index (χ3n) is 3.98. The molecule has 0 aliphatic carbocycles. The van der Waals surface area contributed by atoms with E-state index in [0.29, 0.717) is 12.6 Å². The summed E-state index contributed by atoms with van der Waals surface area (Å²) < 4.78 is 0. The predicted molar refractivity (Wildman–Crippen MR) is 74.3 cm³/mol. The third kappa shape index (κ3) is 3.73. The van der Waals surface area contributed by atoms with Crippen LogP contribution in [0.4, 0.5) is 0 Å². The molecule has 1 fully saturated rings. The van der Waals surface area contributed by atoms with Crippen LogP contribution in [0.1, 0.15) is 23.5 Å². The Balaban J connectivity index is 1.75. The summed E-state index contributed by atoms with van der Waals surface area (Å²) in [6.45, 7) is 3.81. The number of nitrogens with zero attached hydrogens (tertiary/aromatic N) is 6. The second-order valence-electron chi connectivity index (χ2n) is 5.48. The number of nitrogens with one attached hydrogen (secondary N) is 1. The first kappa shape index (κ1) is 14.9. The van der Waals surface area contributed by atoms with Gasteiger partial charge in [0.1, 0.15) is 0 Å². The van der Waals surface area contributed by atoms with Crippen molar-refractivity contribution in [3.63, 3.8) is 0 Å². The Morgan fingerprint density at radius 2 is 2.05 bits per heavy atom. The van der Waals surface area contributed by atoms with Gasteiger partial charge < -0.3 is 14.7 Å². The zero-order valence-corrected chi connectivity index (χ0v) is 12.4. The van der Waals surface area contributed by atoms with Gasteiger partial charge in [0.25, 0.3) is 11.7 Å². The molecule has 1 amide bonds. The van der Waals surface area contributed by atoms with E-state index < -0.39 is 0 Å². The lowest BCUT2D eigenvalue weighted by molar-refractivity contribution is 0.0747. The average molecular weight is 281 g/mol. The van der Waals surface area contributed by atoms with Gasteiger partial charge in [0.05, 0.1) is 0 Å². The summed E-state index contributed by atoms with van der Waals surface area (Å²) >= 11 is 0. The summed E-state index contributed by atoms with van der Waals surface area (Å²) in [6.07, 6.45) is 2.38. The van der Waals surface area contributed by atoms with Crippen LogP contribution in [0.15, 0.2) is 0 Å². The highest BCUT2D eigenvalue weighted by Gasteiger charge is 2.22. The van der Waals surface area contributed by atoms with E-state index in [0.717, 1.165) is 19.6 Å². The van der Waals surface area contributed by atoms with Gasteiger partial charge in [0.2, 0.25) is 0 Å². The highest BCUT2D eigenvalue weighted by Crippen LogP contribution is 2.13. The van der Waals surface area contributed by atoms with Gasteiger partial charge in [-0.2, -0.15) is 5.21 Å². The quantitative estimate of drug-likeness (QED) is 0.768. The number of aromatic nitrogens is 4. The van der Waals surface area contributed by atoms with Crippen LogP contribution in [0.5, 0.6) is 0 Å². The molecule has 0 spiro atoms. The van der Waals surface area contributed by atoms with E-state index in [-0.39, 0.29) is 11.7 Å². The second kappa shape index (κ2) is 6.76. The molecule has 0 atom stereocenters. The molecule has 8 nitrogen and oxygen atoms in total. The standard InChI is InChI=1S/C12H23N7O/c1-17-6-4-10(5-7-17)18(2)8-9-19(3)12(20)11-13-15-16-14-11/h10H,4-9H2,1-3H3,(H,13,14,15,16). The van der Waals surface area contributed by atoms with Gasteiger partial charge >= 0.3 is 0 Å². The van der Waals surface area contributed by atoms with E-state index in [4.69, 9.17) is 0 Å². The van der Waals surface area contributed by atoms with Gasteiger partial charge in [-0.1, -0.05) is 0 Å². The SMILES string of the molecule is CN1CCC(N(C)CCN(C)C(=O)c2nn[nH]n2)CC1. The van der Waals surface area contributed by atoms with Crippen molar-refractivity contribution in [1.82, 2.24) is 35.3 Å². The monoisotopic (exact) mass is 281 g/mol. The topological polar surface area (TPSA) is 81.2 Å². The number of amides is 1. The summed E-state index contributed by atoms with van der Waals surface area (Å²) in [5.74, 6) is -0.0787. The van der Waals surface area contributed by atoms with Gasteiger partial charge in [-0.15, -0.1) is 10.2 Å². The molecule has 0 aromatic carbocycles. The van der Waals surface area contributed by atoms with Crippen LogP contribution in [-0.4, -0.2) is 94.6 Å². The van der Waals surface area contributed by atoms with Gasteiger partial charge in [-0.25, -0.2) is 0 Å². The molecule has 2 heterocycles. The number of aromatic amines is 1. The molecular formula is C12H23N7O. The van der Waals surface area contributed by atoms with Crippen LogP contribution in [0.2, 0.25) is 0 Å². The van der Waals surface area contributed by atoms with Crippen molar-refractivity contribution in [2.45, 2.75) is 18.9 Å². The first-order valence-electron chi connectivity index (χ1n) is 6.95. The number of likely N-dealkylation sites (tertiary alicyclic amines) is 1. The Labute approximate surface area is 119 Å². The lowest BCUT2D eigenvalue weighted by Gasteiger charge is -2.35. The first-order chi connectivity index (χ1) is 9.58.